The first-order valence-electron chi connectivity index (χ1n) is 3.88. The zero-order valence-electron chi connectivity index (χ0n) is 7.34. The number of amides is 1. The number of hydrogen-bond acceptors (Lipinski definition) is 5. The molecule has 0 aromatic heterocycles. The summed E-state index contributed by atoms with van der Waals surface area (Å²) in [5, 5.41) is 37.8. The Labute approximate surface area is 75.8 Å². The second-order valence-electron chi connectivity index (χ2n) is 2.74. The van der Waals surface area contributed by atoms with Crippen LogP contribution in [0.5, 0.6) is 0 Å². The Morgan fingerprint density at radius 3 is 2.23 bits per heavy atom. The van der Waals surface area contributed by atoms with Crippen molar-refractivity contribution in [3.63, 3.8) is 0 Å². The van der Waals surface area contributed by atoms with E-state index >= 15 is 0 Å². The lowest BCUT2D eigenvalue weighted by Crippen LogP contribution is -2.45. The summed E-state index contributed by atoms with van der Waals surface area (Å²) in [4.78, 5) is 10.4. The number of nitrogens with one attached hydrogen (secondary N) is 1. The van der Waals surface area contributed by atoms with Crippen LogP contribution in [0, 0.1) is 0 Å². The summed E-state index contributed by atoms with van der Waals surface area (Å²) >= 11 is 0. The minimum absolute atomic E-state index is 0.159. The summed E-state index contributed by atoms with van der Waals surface area (Å²) in [5.41, 5.74) is 0. The van der Waals surface area contributed by atoms with Crippen LogP contribution in [0.15, 0.2) is 0 Å². The molecule has 0 rings (SSSR count). The third-order valence-corrected chi connectivity index (χ3v) is 1.54. The topological polar surface area (TPSA) is 110 Å². The van der Waals surface area contributed by atoms with Crippen molar-refractivity contribution in [2.45, 2.75) is 25.2 Å². The number of aliphatic hydroxyl groups excluding tert-OH is 4. The van der Waals surface area contributed by atoms with Crippen molar-refractivity contribution in [1.29, 1.82) is 0 Å². The Morgan fingerprint density at radius 1 is 1.31 bits per heavy atom. The zero-order valence-corrected chi connectivity index (χ0v) is 7.34. The van der Waals surface area contributed by atoms with Gasteiger partial charge in [-0.1, -0.05) is 0 Å². The van der Waals surface area contributed by atoms with Gasteiger partial charge in [-0.2, -0.15) is 0 Å². The van der Waals surface area contributed by atoms with Crippen LogP contribution in [-0.4, -0.2) is 57.8 Å². The Balaban J connectivity index is 3.81. The van der Waals surface area contributed by atoms with Gasteiger partial charge >= 0.3 is 0 Å². The smallest absolute Gasteiger partial charge is 0.216 e. The van der Waals surface area contributed by atoms with Crippen molar-refractivity contribution in [2.75, 3.05) is 13.2 Å². The predicted molar refractivity (Wildman–Crippen MR) is 43.8 cm³/mol. The SMILES string of the molecule is CC(=O)NC[C@@H](O)[C@H](O)[C@H](O)CO. The van der Waals surface area contributed by atoms with Crippen LogP contribution in [0.4, 0.5) is 0 Å². The molecule has 0 radical (unpaired) electrons. The van der Waals surface area contributed by atoms with E-state index in [-0.39, 0.29) is 12.5 Å². The quantitative estimate of drug-likeness (QED) is 0.324. The Kier molecular flexibility index (Phi) is 5.56. The second-order valence-corrected chi connectivity index (χ2v) is 2.74. The van der Waals surface area contributed by atoms with Gasteiger partial charge in [-0.15, -0.1) is 0 Å². The Morgan fingerprint density at radius 2 is 1.85 bits per heavy atom. The van der Waals surface area contributed by atoms with Gasteiger partial charge in [0, 0.05) is 13.5 Å². The predicted octanol–water partition coefficient (Wildman–Crippen LogP) is -2.80. The average Bonchev–Trinajstić information content (AvgIpc) is 2.11. The lowest BCUT2D eigenvalue weighted by molar-refractivity contribution is -0.120. The standard InChI is InChI=1S/C7H15NO5/c1-4(10)8-2-5(11)7(13)6(12)3-9/h5-7,9,11-13H,2-3H2,1H3,(H,8,10)/t5-,6-,7+/m1/s1. The van der Waals surface area contributed by atoms with Crippen molar-refractivity contribution in [3.8, 4) is 0 Å². The third-order valence-electron chi connectivity index (χ3n) is 1.54. The minimum Gasteiger partial charge on any atom is -0.394 e. The molecule has 0 aliphatic heterocycles. The van der Waals surface area contributed by atoms with Crippen LogP contribution in [0.2, 0.25) is 0 Å². The molecule has 0 saturated heterocycles. The van der Waals surface area contributed by atoms with Gasteiger partial charge in [-0.25, -0.2) is 0 Å². The highest BCUT2D eigenvalue weighted by Gasteiger charge is 2.23. The summed E-state index contributed by atoms with van der Waals surface area (Å²) in [7, 11) is 0. The molecule has 0 saturated carbocycles. The van der Waals surface area contributed by atoms with Crippen molar-refractivity contribution in [2.24, 2.45) is 0 Å². The first-order chi connectivity index (χ1) is 5.99. The third kappa shape index (κ3) is 4.79. The molecule has 0 aromatic carbocycles. The molecule has 6 heteroatoms. The van der Waals surface area contributed by atoms with Crippen molar-refractivity contribution in [3.05, 3.63) is 0 Å². The fourth-order valence-corrected chi connectivity index (χ4v) is 0.733. The normalized spacial score (nSPS) is 17.6. The van der Waals surface area contributed by atoms with Crippen molar-refractivity contribution in [1.82, 2.24) is 5.32 Å². The fraction of sp³-hybridized carbons (Fsp3) is 0.857. The molecule has 0 bridgehead atoms. The molecule has 0 heterocycles. The maximum atomic E-state index is 10.4. The Hall–Kier alpha value is -0.690. The van der Waals surface area contributed by atoms with Gasteiger partial charge < -0.3 is 25.7 Å². The van der Waals surface area contributed by atoms with Crippen LogP contribution < -0.4 is 5.32 Å². The van der Waals surface area contributed by atoms with Gasteiger partial charge in [0.05, 0.1) is 12.7 Å². The van der Waals surface area contributed by atoms with Gasteiger partial charge in [0.15, 0.2) is 0 Å². The minimum atomic E-state index is -1.46. The largest absolute Gasteiger partial charge is 0.394 e. The van der Waals surface area contributed by atoms with Crippen molar-refractivity contribution < 1.29 is 25.2 Å². The van der Waals surface area contributed by atoms with E-state index in [1.807, 2.05) is 0 Å². The lowest BCUT2D eigenvalue weighted by atomic mass is 10.1. The van der Waals surface area contributed by atoms with E-state index < -0.39 is 24.9 Å². The highest BCUT2D eigenvalue weighted by molar-refractivity contribution is 5.72. The maximum Gasteiger partial charge on any atom is 0.216 e. The van der Waals surface area contributed by atoms with E-state index in [9.17, 15) is 4.79 Å². The second kappa shape index (κ2) is 5.87. The number of aliphatic hydroxyl groups is 4. The number of hydrogen-bond donors (Lipinski definition) is 5. The van der Waals surface area contributed by atoms with E-state index in [4.69, 9.17) is 20.4 Å². The van der Waals surface area contributed by atoms with Gasteiger partial charge in [0.25, 0.3) is 0 Å². The molecule has 78 valence electrons. The zero-order chi connectivity index (χ0) is 10.4. The van der Waals surface area contributed by atoms with E-state index in [1.54, 1.807) is 0 Å². The molecule has 13 heavy (non-hydrogen) atoms. The van der Waals surface area contributed by atoms with Gasteiger partial charge in [-0.05, 0) is 0 Å². The average molecular weight is 193 g/mol. The molecule has 1 amide bonds. The van der Waals surface area contributed by atoms with E-state index in [2.05, 4.69) is 5.32 Å². The molecule has 0 aliphatic carbocycles. The van der Waals surface area contributed by atoms with Crippen LogP contribution in [0.3, 0.4) is 0 Å². The van der Waals surface area contributed by atoms with Gasteiger partial charge in [-0.3, -0.25) is 4.79 Å². The van der Waals surface area contributed by atoms with Crippen LogP contribution >= 0.6 is 0 Å². The van der Waals surface area contributed by atoms with Crippen molar-refractivity contribution >= 4 is 5.91 Å². The summed E-state index contributed by atoms with van der Waals surface area (Å²) in [6.07, 6.45) is -4.15. The molecule has 0 aliphatic rings. The fourth-order valence-electron chi connectivity index (χ4n) is 0.733. The summed E-state index contributed by atoms with van der Waals surface area (Å²) < 4.78 is 0. The maximum absolute atomic E-state index is 10.4. The molecule has 0 aromatic rings. The molecular formula is C7H15NO5. The highest BCUT2D eigenvalue weighted by Crippen LogP contribution is 1.98. The van der Waals surface area contributed by atoms with Gasteiger partial charge in [0.2, 0.25) is 5.91 Å². The summed E-state index contributed by atoms with van der Waals surface area (Å²) in [5.74, 6) is -0.343. The number of rotatable bonds is 5. The van der Waals surface area contributed by atoms with E-state index in [0.717, 1.165) is 0 Å². The molecular weight excluding hydrogens is 178 g/mol. The molecule has 6 nitrogen and oxygen atoms in total. The molecule has 0 unspecified atom stereocenters. The lowest BCUT2D eigenvalue weighted by Gasteiger charge is -2.21. The summed E-state index contributed by atoms with van der Waals surface area (Å²) in [6.45, 7) is 0.466. The first kappa shape index (κ1) is 12.3. The van der Waals surface area contributed by atoms with E-state index in [0.29, 0.717) is 0 Å². The van der Waals surface area contributed by atoms with E-state index in [1.165, 1.54) is 6.92 Å². The van der Waals surface area contributed by atoms with Crippen LogP contribution in [0.25, 0.3) is 0 Å². The summed E-state index contributed by atoms with van der Waals surface area (Å²) in [6, 6.07) is 0. The molecule has 5 N–H and O–H groups in total. The van der Waals surface area contributed by atoms with Gasteiger partial charge in [0.1, 0.15) is 12.2 Å². The number of carbonyl (C=O) groups excluding carboxylic acids is 1. The molecule has 3 atom stereocenters. The molecule has 0 fully saturated rings. The molecule has 0 spiro atoms. The number of carbonyl (C=O) groups is 1. The van der Waals surface area contributed by atoms with Crippen LogP contribution in [0.1, 0.15) is 6.92 Å². The Bertz CT molecular complexity index is 163. The first-order valence-corrected chi connectivity index (χ1v) is 3.88. The monoisotopic (exact) mass is 193 g/mol. The van der Waals surface area contributed by atoms with Crippen LogP contribution in [-0.2, 0) is 4.79 Å². The highest BCUT2D eigenvalue weighted by atomic mass is 16.4.